The van der Waals surface area contributed by atoms with Crippen molar-refractivity contribution in [1.29, 1.82) is 0 Å². The summed E-state index contributed by atoms with van der Waals surface area (Å²) in [4.78, 5) is 0. The fraction of sp³-hybridized carbons (Fsp3) is 0.333. The van der Waals surface area contributed by atoms with Crippen LogP contribution in [0.2, 0.25) is 0 Å². The van der Waals surface area contributed by atoms with Gasteiger partial charge in [-0.25, -0.2) is 0 Å². The van der Waals surface area contributed by atoms with E-state index in [1.165, 1.54) is 16.7 Å². The van der Waals surface area contributed by atoms with Gasteiger partial charge in [0.2, 0.25) is 0 Å². The van der Waals surface area contributed by atoms with Gasteiger partial charge in [0.15, 0.2) is 0 Å². The number of nitrogens with zero attached hydrogens (tertiary/aromatic N) is 2. The van der Waals surface area contributed by atoms with E-state index in [-0.39, 0.29) is 0 Å². The summed E-state index contributed by atoms with van der Waals surface area (Å²) in [7, 11) is 1.70. The second kappa shape index (κ2) is 4.88. The van der Waals surface area contributed by atoms with E-state index in [1.54, 1.807) is 7.11 Å². The largest absolute Gasteiger partial charge is 0.497 e. The summed E-state index contributed by atoms with van der Waals surface area (Å²) in [5, 5.41) is 11.8. The Bertz CT molecular complexity index is 610. The van der Waals surface area contributed by atoms with Crippen LogP contribution in [-0.4, -0.2) is 23.9 Å². The molecule has 0 aliphatic heterocycles. The zero-order valence-corrected chi connectivity index (χ0v) is 11.2. The fourth-order valence-corrected chi connectivity index (χ4v) is 2.52. The summed E-state index contributed by atoms with van der Waals surface area (Å²) >= 11 is 0. The van der Waals surface area contributed by atoms with Gasteiger partial charge in [-0.3, -0.25) is 0 Å². The van der Waals surface area contributed by atoms with Crippen LogP contribution in [0, 0.1) is 0 Å². The SMILES string of the molecule is CCNc1cc2c(nn1)-c1ccc(OC)cc1CC2. The van der Waals surface area contributed by atoms with Crippen molar-refractivity contribution < 1.29 is 4.74 Å². The molecule has 0 saturated heterocycles. The standard InChI is InChI=1S/C15H17N3O/c1-3-16-14-9-11-5-4-10-8-12(19-2)6-7-13(10)15(11)18-17-14/h6-9H,3-5H2,1-2H3,(H,16,17). The molecule has 1 aromatic carbocycles. The van der Waals surface area contributed by atoms with Crippen LogP contribution in [0.25, 0.3) is 11.3 Å². The summed E-state index contributed by atoms with van der Waals surface area (Å²) in [6.07, 6.45) is 2.03. The molecule has 3 rings (SSSR count). The Labute approximate surface area is 112 Å². The highest BCUT2D eigenvalue weighted by atomic mass is 16.5. The number of aromatic nitrogens is 2. The van der Waals surface area contributed by atoms with Crippen molar-refractivity contribution in [3.8, 4) is 17.0 Å². The van der Waals surface area contributed by atoms with E-state index in [9.17, 15) is 0 Å². The third kappa shape index (κ3) is 2.14. The molecule has 1 aliphatic carbocycles. The molecule has 0 saturated carbocycles. The van der Waals surface area contributed by atoms with Gasteiger partial charge >= 0.3 is 0 Å². The van der Waals surface area contributed by atoms with Crippen molar-refractivity contribution >= 4 is 5.82 Å². The Kier molecular flexibility index (Phi) is 3.07. The normalized spacial score (nSPS) is 12.5. The first kappa shape index (κ1) is 12.0. The molecule has 0 bridgehead atoms. The van der Waals surface area contributed by atoms with Crippen LogP contribution in [0.1, 0.15) is 18.1 Å². The molecule has 0 radical (unpaired) electrons. The fourth-order valence-electron chi connectivity index (χ4n) is 2.52. The third-order valence-corrected chi connectivity index (χ3v) is 3.46. The summed E-state index contributed by atoms with van der Waals surface area (Å²) in [5.74, 6) is 1.76. The van der Waals surface area contributed by atoms with Crippen LogP contribution in [-0.2, 0) is 12.8 Å². The molecular weight excluding hydrogens is 238 g/mol. The molecule has 0 unspecified atom stereocenters. The van der Waals surface area contributed by atoms with Crippen molar-refractivity contribution in [3.63, 3.8) is 0 Å². The second-order valence-corrected chi connectivity index (χ2v) is 4.66. The number of fused-ring (bicyclic) bond motifs is 3. The van der Waals surface area contributed by atoms with Gasteiger partial charge in [-0.15, -0.1) is 10.2 Å². The molecule has 1 aromatic heterocycles. The second-order valence-electron chi connectivity index (χ2n) is 4.66. The molecule has 19 heavy (non-hydrogen) atoms. The Morgan fingerprint density at radius 2 is 2.00 bits per heavy atom. The number of ether oxygens (including phenoxy) is 1. The van der Waals surface area contributed by atoms with Crippen LogP contribution in [0.15, 0.2) is 24.3 Å². The van der Waals surface area contributed by atoms with Crippen LogP contribution in [0.5, 0.6) is 5.75 Å². The summed E-state index contributed by atoms with van der Waals surface area (Å²) in [6, 6.07) is 8.26. The average molecular weight is 255 g/mol. The Morgan fingerprint density at radius 1 is 1.16 bits per heavy atom. The molecule has 1 aliphatic rings. The van der Waals surface area contributed by atoms with Crippen molar-refractivity contribution in [3.05, 3.63) is 35.4 Å². The van der Waals surface area contributed by atoms with Gasteiger partial charge in [-0.2, -0.15) is 0 Å². The van der Waals surface area contributed by atoms with Crippen LogP contribution in [0.3, 0.4) is 0 Å². The minimum absolute atomic E-state index is 0.859. The first-order valence-corrected chi connectivity index (χ1v) is 6.59. The van der Waals surface area contributed by atoms with Crippen molar-refractivity contribution in [2.75, 3.05) is 19.0 Å². The monoisotopic (exact) mass is 255 g/mol. The maximum Gasteiger partial charge on any atom is 0.148 e. The summed E-state index contributed by atoms with van der Waals surface area (Å²) in [6.45, 7) is 2.92. The van der Waals surface area contributed by atoms with Crippen LogP contribution >= 0.6 is 0 Å². The number of nitrogens with one attached hydrogen (secondary N) is 1. The van der Waals surface area contributed by atoms with Crippen molar-refractivity contribution in [1.82, 2.24) is 10.2 Å². The molecule has 1 N–H and O–H groups in total. The zero-order chi connectivity index (χ0) is 13.2. The lowest BCUT2D eigenvalue weighted by Crippen LogP contribution is -2.09. The first-order valence-electron chi connectivity index (χ1n) is 6.59. The number of aryl methyl sites for hydroxylation is 2. The topological polar surface area (TPSA) is 47.0 Å². The van der Waals surface area contributed by atoms with Gasteiger partial charge in [0.25, 0.3) is 0 Å². The lowest BCUT2D eigenvalue weighted by molar-refractivity contribution is 0.414. The quantitative estimate of drug-likeness (QED) is 0.916. The van der Waals surface area contributed by atoms with E-state index >= 15 is 0 Å². The predicted octanol–water partition coefficient (Wildman–Crippen LogP) is 2.68. The highest BCUT2D eigenvalue weighted by Crippen LogP contribution is 2.34. The molecular formula is C15H17N3O. The van der Waals surface area contributed by atoms with Gasteiger partial charge in [0.05, 0.1) is 12.8 Å². The minimum Gasteiger partial charge on any atom is -0.497 e. The summed E-state index contributed by atoms with van der Waals surface area (Å²) < 4.78 is 5.27. The molecule has 0 spiro atoms. The number of hydrogen-bond donors (Lipinski definition) is 1. The third-order valence-electron chi connectivity index (χ3n) is 3.46. The zero-order valence-electron chi connectivity index (χ0n) is 11.2. The van der Waals surface area contributed by atoms with E-state index in [1.807, 2.05) is 6.07 Å². The number of rotatable bonds is 3. The van der Waals surface area contributed by atoms with E-state index in [4.69, 9.17) is 4.74 Å². The molecule has 1 heterocycles. The van der Waals surface area contributed by atoms with Gasteiger partial charge in [0, 0.05) is 12.1 Å². The van der Waals surface area contributed by atoms with E-state index in [2.05, 4.69) is 40.6 Å². The average Bonchev–Trinajstić information content (AvgIpc) is 2.46. The van der Waals surface area contributed by atoms with Gasteiger partial charge in [-0.1, -0.05) is 0 Å². The highest BCUT2D eigenvalue weighted by molar-refractivity contribution is 5.71. The van der Waals surface area contributed by atoms with E-state index in [0.29, 0.717) is 0 Å². The molecule has 0 atom stereocenters. The van der Waals surface area contributed by atoms with Crippen LogP contribution < -0.4 is 10.1 Å². The molecule has 4 nitrogen and oxygen atoms in total. The highest BCUT2D eigenvalue weighted by Gasteiger charge is 2.18. The van der Waals surface area contributed by atoms with Crippen molar-refractivity contribution in [2.24, 2.45) is 0 Å². The maximum atomic E-state index is 5.27. The number of methoxy groups -OCH3 is 1. The molecule has 2 aromatic rings. The lowest BCUT2D eigenvalue weighted by Gasteiger charge is -2.19. The number of hydrogen-bond acceptors (Lipinski definition) is 4. The van der Waals surface area contributed by atoms with Crippen LogP contribution in [0.4, 0.5) is 5.82 Å². The number of benzene rings is 1. The Morgan fingerprint density at radius 3 is 2.79 bits per heavy atom. The Balaban J connectivity index is 2.04. The van der Waals surface area contributed by atoms with Crippen molar-refractivity contribution in [2.45, 2.75) is 19.8 Å². The van der Waals surface area contributed by atoms with Gasteiger partial charge < -0.3 is 10.1 Å². The number of anilines is 1. The van der Waals surface area contributed by atoms with E-state index in [0.717, 1.165) is 36.6 Å². The molecule has 0 amide bonds. The molecule has 0 fully saturated rings. The van der Waals surface area contributed by atoms with E-state index < -0.39 is 0 Å². The van der Waals surface area contributed by atoms with Gasteiger partial charge in [-0.05, 0) is 55.2 Å². The Hall–Kier alpha value is -2.10. The molecule has 98 valence electrons. The summed E-state index contributed by atoms with van der Waals surface area (Å²) in [5.41, 5.74) is 4.74. The predicted molar refractivity (Wildman–Crippen MR) is 75.6 cm³/mol. The maximum absolute atomic E-state index is 5.27. The smallest absolute Gasteiger partial charge is 0.148 e. The first-order chi connectivity index (χ1) is 9.31. The van der Waals surface area contributed by atoms with Gasteiger partial charge in [0.1, 0.15) is 11.6 Å². The molecule has 4 heteroatoms. The minimum atomic E-state index is 0.859. The lowest BCUT2D eigenvalue weighted by atomic mass is 9.89.